The van der Waals surface area contributed by atoms with Crippen LogP contribution in [0.3, 0.4) is 0 Å². The lowest BCUT2D eigenvalue weighted by molar-refractivity contribution is -0.384. The summed E-state index contributed by atoms with van der Waals surface area (Å²) in [6.45, 7) is 1.54. The minimum absolute atomic E-state index is 0.0214. The SMILES string of the molecule is Cc1nn(-c2ccccc2[N+](=O)[O-])cc1C(=O)O. The zero-order chi connectivity index (χ0) is 13.3. The number of carboxylic acids is 1. The van der Waals surface area contributed by atoms with Crippen molar-refractivity contribution >= 4 is 11.7 Å². The highest BCUT2D eigenvalue weighted by Gasteiger charge is 2.18. The highest BCUT2D eigenvalue weighted by Crippen LogP contribution is 2.22. The molecule has 0 aliphatic rings. The number of benzene rings is 1. The number of carbonyl (C=O) groups is 1. The number of hydrogen-bond acceptors (Lipinski definition) is 4. The van der Waals surface area contributed by atoms with Gasteiger partial charge in [-0.15, -0.1) is 0 Å². The molecule has 1 aromatic carbocycles. The van der Waals surface area contributed by atoms with Crippen molar-refractivity contribution in [2.24, 2.45) is 0 Å². The second-order valence-corrected chi connectivity index (χ2v) is 3.62. The van der Waals surface area contributed by atoms with Crippen LogP contribution < -0.4 is 0 Å². The summed E-state index contributed by atoms with van der Waals surface area (Å²) in [6.07, 6.45) is 1.26. The van der Waals surface area contributed by atoms with E-state index in [2.05, 4.69) is 5.10 Å². The molecule has 1 aromatic heterocycles. The second kappa shape index (κ2) is 4.28. The van der Waals surface area contributed by atoms with E-state index in [-0.39, 0.29) is 16.9 Å². The zero-order valence-electron chi connectivity index (χ0n) is 9.40. The fourth-order valence-corrected chi connectivity index (χ4v) is 1.61. The third-order valence-electron chi connectivity index (χ3n) is 2.45. The molecule has 0 fully saturated rings. The van der Waals surface area contributed by atoms with Crippen molar-refractivity contribution in [3.05, 3.63) is 51.8 Å². The fourth-order valence-electron chi connectivity index (χ4n) is 1.61. The van der Waals surface area contributed by atoms with Crippen LogP contribution in [0.5, 0.6) is 0 Å². The molecule has 0 saturated heterocycles. The Morgan fingerprint density at radius 1 is 1.44 bits per heavy atom. The number of nitrogens with zero attached hydrogens (tertiary/aromatic N) is 3. The smallest absolute Gasteiger partial charge is 0.339 e. The van der Waals surface area contributed by atoms with E-state index in [0.717, 1.165) is 0 Å². The molecule has 0 unspecified atom stereocenters. The first-order chi connectivity index (χ1) is 8.50. The van der Waals surface area contributed by atoms with Gasteiger partial charge in [0.2, 0.25) is 0 Å². The van der Waals surface area contributed by atoms with Crippen LogP contribution in [0.1, 0.15) is 16.1 Å². The Morgan fingerprint density at radius 3 is 2.67 bits per heavy atom. The lowest BCUT2D eigenvalue weighted by atomic mass is 10.2. The predicted molar refractivity (Wildman–Crippen MR) is 61.9 cm³/mol. The van der Waals surface area contributed by atoms with Gasteiger partial charge in [0.15, 0.2) is 0 Å². The maximum Gasteiger partial charge on any atom is 0.339 e. The van der Waals surface area contributed by atoms with Crippen LogP contribution in [-0.4, -0.2) is 25.8 Å². The van der Waals surface area contributed by atoms with Crippen molar-refractivity contribution in [1.29, 1.82) is 0 Å². The van der Waals surface area contributed by atoms with E-state index >= 15 is 0 Å². The average Bonchev–Trinajstić information content (AvgIpc) is 2.71. The van der Waals surface area contributed by atoms with Gasteiger partial charge in [0.25, 0.3) is 5.69 Å². The fraction of sp³-hybridized carbons (Fsp3) is 0.0909. The molecule has 1 N–H and O–H groups in total. The van der Waals surface area contributed by atoms with Crippen molar-refractivity contribution in [2.75, 3.05) is 0 Å². The molecule has 92 valence electrons. The topological polar surface area (TPSA) is 98.3 Å². The minimum atomic E-state index is -1.11. The molecule has 2 rings (SSSR count). The Balaban J connectivity index is 2.59. The number of para-hydroxylation sites is 2. The number of aryl methyl sites for hydroxylation is 1. The van der Waals surface area contributed by atoms with Gasteiger partial charge >= 0.3 is 5.97 Å². The first kappa shape index (κ1) is 11.8. The van der Waals surface area contributed by atoms with Gasteiger partial charge in [-0.3, -0.25) is 10.1 Å². The summed E-state index contributed by atoms with van der Waals surface area (Å²) in [4.78, 5) is 21.2. The van der Waals surface area contributed by atoms with E-state index in [1.165, 1.54) is 36.0 Å². The van der Waals surface area contributed by atoms with Crippen molar-refractivity contribution in [1.82, 2.24) is 9.78 Å². The van der Waals surface area contributed by atoms with Crippen molar-refractivity contribution in [3.8, 4) is 5.69 Å². The van der Waals surface area contributed by atoms with Crippen LogP contribution in [0, 0.1) is 17.0 Å². The largest absolute Gasteiger partial charge is 0.478 e. The number of nitro groups is 1. The standard InChI is InChI=1S/C11H9N3O4/c1-7-8(11(15)16)6-13(12-7)9-4-2-3-5-10(9)14(17)18/h2-6H,1H3,(H,15,16). The van der Waals surface area contributed by atoms with Gasteiger partial charge < -0.3 is 5.11 Å². The van der Waals surface area contributed by atoms with Crippen LogP contribution in [-0.2, 0) is 0 Å². The normalized spacial score (nSPS) is 10.3. The van der Waals surface area contributed by atoms with Crippen molar-refractivity contribution in [3.63, 3.8) is 0 Å². The molecule has 0 bridgehead atoms. The summed E-state index contributed by atoms with van der Waals surface area (Å²) in [5, 5.41) is 23.8. The third kappa shape index (κ3) is 1.93. The lowest BCUT2D eigenvalue weighted by Gasteiger charge is -2.01. The van der Waals surface area contributed by atoms with E-state index < -0.39 is 10.9 Å². The number of aromatic carboxylic acids is 1. The molecule has 0 aliphatic heterocycles. The van der Waals surface area contributed by atoms with Crippen LogP contribution >= 0.6 is 0 Å². The molecule has 0 radical (unpaired) electrons. The molecule has 18 heavy (non-hydrogen) atoms. The van der Waals surface area contributed by atoms with Gasteiger partial charge in [-0.25, -0.2) is 9.48 Å². The van der Waals surface area contributed by atoms with Gasteiger partial charge in [0.05, 0.1) is 10.6 Å². The Kier molecular flexibility index (Phi) is 2.80. The average molecular weight is 247 g/mol. The summed E-state index contributed by atoms with van der Waals surface area (Å²) in [6, 6.07) is 6.01. The maximum absolute atomic E-state index is 10.9. The molecule has 0 atom stereocenters. The van der Waals surface area contributed by atoms with Crippen molar-refractivity contribution < 1.29 is 14.8 Å². The van der Waals surface area contributed by atoms with E-state index in [0.29, 0.717) is 5.69 Å². The van der Waals surface area contributed by atoms with Gasteiger partial charge in [-0.1, -0.05) is 12.1 Å². The molecule has 7 nitrogen and oxygen atoms in total. The predicted octanol–water partition coefficient (Wildman–Crippen LogP) is 1.79. The molecule has 1 heterocycles. The van der Waals surface area contributed by atoms with Gasteiger partial charge in [0.1, 0.15) is 11.3 Å². The Bertz CT molecular complexity index is 633. The summed E-state index contributed by atoms with van der Waals surface area (Å²) in [7, 11) is 0. The summed E-state index contributed by atoms with van der Waals surface area (Å²) < 4.78 is 1.21. The quantitative estimate of drug-likeness (QED) is 0.658. The van der Waals surface area contributed by atoms with Gasteiger partial charge in [-0.05, 0) is 13.0 Å². The molecule has 7 heteroatoms. The minimum Gasteiger partial charge on any atom is -0.478 e. The number of rotatable bonds is 3. The molecular formula is C11H9N3O4. The van der Waals surface area contributed by atoms with Gasteiger partial charge in [-0.2, -0.15) is 5.10 Å². The number of aromatic nitrogens is 2. The molecule has 2 aromatic rings. The zero-order valence-corrected chi connectivity index (χ0v) is 9.40. The highest BCUT2D eigenvalue weighted by molar-refractivity contribution is 5.88. The molecule has 0 spiro atoms. The Labute approximate surface area is 101 Å². The monoisotopic (exact) mass is 247 g/mol. The number of hydrogen-bond donors (Lipinski definition) is 1. The molecule has 0 saturated carbocycles. The number of carboxylic acid groups (broad SMARTS) is 1. The molecule has 0 aliphatic carbocycles. The maximum atomic E-state index is 10.9. The van der Waals surface area contributed by atoms with Crippen LogP contribution in [0.15, 0.2) is 30.5 Å². The number of nitro benzene ring substituents is 1. The molecular weight excluding hydrogens is 238 g/mol. The molecule has 0 amide bonds. The van der Waals surface area contributed by atoms with E-state index in [4.69, 9.17) is 5.11 Å². The highest BCUT2D eigenvalue weighted by atomic mass is 16.6. The van der Waals surface area contributed by atoms with Crippen LogP contribution in [0.4, 0.5) is 5.69 Å². The second-order valence-electron chi connectivity index (χ2n) is 3.62. The summed E-state index contributed by atoms with van der Waals surface area (Å²) in [5.74, 6) is -1.11. The Hall–Kier alpha value is -2.70. The Morgan fingerprint density at radius 2 is 2.11 bits per heavy atom. The van der Waals surface area contributed by atoms with E-state index in [1.807, 2.05) is 0 Å². The van der Waals surface area contributed by atoms with E-state index in [1.54, 1.807) is 6.07 Å². The first-order valence-corrected chi connectivity index (χ1v) is 5.04. The third-order valence-corrected chi connectivity index (χ3v) is 2.45. The first-order valence-electron chi connectivity index (χ1n) is 5.04. The van der Waals surface area contributed by atoms with Gasteiger partial charge in [0, 0.05) is 12.3 Å². The van der Waals surface area contributed by atoms with Crippen LogP contribution in [0.25, 0.3) is 5.69 Å². The van der Waals surface area contributed by atoms with Crippen molar-refractivity contribution in [2.45, 2.75) is 6.92 Å². The summed E-state index contributed by atoms with van der Waals surface area (Å²) >= 11 is 0. The summed E-state index contributed by atoms with van der Waals surface area (Å²) in [5.41, 5.74) is 0.434. The van der Waals surface area contributed by atoms with E-state index in [9.17, 15) is 14.9 Å². The van der Waals surface area contributed by atoms with Crippen LogP contribution in [0.2, 0.25) is 0 Å². The lowest BCUT2D eigenvalue weighted by Crippen LogP contribution is -2.00.